The van der Waals surface area contributed by atoms with Gasteiger partial charge in [0.25, 0.3) is 11.8 Å². The molecule has 3 fully saturated rings. The van der Waals surface area contributed by atoms with Gasteiger partial charge in [-0.1, -0.05) is 49.2 Å². The van der Waals surface area contributed by atoms with E-state index in [-0.39, 0.29) is 34.5 Å². The van der Waals surface area contributed by atoms with E-state index in [4.69, 9.17) is 28.2 Å². The van der Waals surface area contributed by atoms with Crippen LogP contribution < -0.4 is 0 Å². The second-order valence-corrected chi connectivity index (χ2v) is 16.6. The van der Waals surface area contributed by atoms with E-state index in [0.717, 1.165) is 21.6 Å². The van der Waals surface area contributed by atoms with E-state index < -0.39 is 90.3 Å². The summed E-state index contributed by atoms with van der Waals surface area (Å²) in [4.78, 5) is 54.9. The Balaban J connectivity index is 1.24. The number of carbonyl (C=O) groups excluding carboxylic acids is 3. The number of benzene rings is 1. The monoisotopic (exact) mass is 802 g/mol. The quantitative estimate of drug-likeness (QED) is 0.236. The summed E-state index contributed by atoms with van der Waals surface area (Å²) in [5, 5.41) is 0.487. The maximum Gasteiger partial charge on any atom is 0.471 e. The second kappa shape index (κ2) is 12.8. The molecule has 1 aromatic heterocycles. The third-order valence-corrected chi connectivity index (χ3v) is 12.3. The predicted molar refractivity (Wildman–Crippen MR) is 185 cm³/mol. The van der Waals surface area contributed by atoms with E-state index in [1.165, 1.54) is 24.0 Å². The van der Waals surface area contributed by atoms with Crippen molar-refractivity contribution < 1.29 is 40.7 Å². The summed E-state index contributed by atoms with van der Waals surface area (Å²) in [6.07, 6.45) is -4.10. The van der Waals surface area contributed by atoms with Crippen LogP contribution in [0.5, 0.6) is 0 Å². The van der Waals surface area contributed by atoms with Crippen molar-refractivity contribution in [3.05, 3.63) is 74.3 Å². The summed E-state index contributed by atoms with van der Waals surface area (Å²) in [5.41, 5.74) is -0.827. The number of halogens is 8. The number of allylic oxidation sites excluding steroid dienone is 1. The van der Waals surface area contributed by atoms with E-state index >= 15 is 13.2 Å². The van der Waals surface area contributed by atoms with Gasteiger partial charge in [0.05, 0.1) is 23.1 Å². The molecule has 5 heterocycles. The smallest absolute Gasteiger partial charge is 0.334 e. The number of likely N-dealkylation sites (tertiary alicyclic amines) is 1. The first kappa shape index (κ1) is 37.8. The zero-order valence-electron chi connectivity index (χ0n) is 28.9. The van der Waals surface area contributed by atoms with Gasteiger partial charge in [0, 0.05) is 43.0 Å². The normalized spacial score (nSPS) is 27.6. The first-order chi connectivity index (χ1) is 24.7. The number of fused-ring (bicyclic) bond motifs is 1. The molecule has 2 aromatic rings. The number of aliphatic imine (C=N–C) groups is 1. The van der Waals surface area contributed by atoms with Gasteiger partial charge in [-0.05, 0) is 68.1 Å². The standard InChI is InChI=1S/C35H34Cl2F6N6O3S/c1-17(2)25-26(53-31-45-32(4,20-6-8-24(37)44-13-20)27(49(25)31)19-5-7-21(36)22(38)11-19)29(51)47-16-34(39,40)12-23(47)28(50)46-15-33(9-10-33)48(14-18(46)3)30(52)35(41,42)43/h5-8,11,13,17-18,23,27H,9-10,12,14-16H2,1-4H3/t18-,23+,27-,32+/m1/s1. The fraction of sp³-hybridized carbons (Fsp3) is 0.514. The number of thioether (sulfide) groups is 1. The van der Waals surface area contributed by atoms with Gasteiger partial charge < -0.3 is 19.6 Å². The lowest BCUT2D eigenvalue weighted by molar-refractivity contribution is -0.193. The van der Waals surface area contributed by atoms with Crippen LogP contribution in [0.2, 0.25) is 10.2 Å². The molecular weight excluding hydrogens is 769 g/mol. The van der Waals surface area contributed by atoms with Gasteiger partial charge in [0.2, 0.25) is 5.91 Å². The molecule has 1 aromatic carbocycles. The molecule has 9 nitrogen and oxygen atoms in total. The van der Waals surface area contributed by atoms with Gasteiger partial charge in [0.1, 0.15) is 27.5 Å². The van der Waals surface area contributed by atoms with Crippen molar-refractivity contribution in [2.75, 3.05) is 19.6 Å². The molecule has 2 saturated heterocycles. The van der Waals surface area contributed by atoms with E-state index in [0.29, 0.717) is 22.0 Å². The topological polar surface area (TPSA) is 89.4 Å². The fourth-order valence-electron chi connectivity index (χ4n) is 8.00. The predicted octanol–water partition coefficient (Wildman–Crippen LogP) is 7.16. The summed E-state index contributed by atoms with van der Waals surface area (Å²) < 4.78 is 85.9. The third-order valence-electron chi connectivity index (χ3n) is 10.8. The lowest BCUT2D eigenvalue weighted by Gasteiger charge is -2.47. The molecule has 18 heteroatoms. The molecule has 284 valence electrons. The highest BCUT2D eigenvalue weighted by Crippen LogP contribution is 2.57. The number of pyridine rings is 1. The Kier molecular flexibility index (Phi) is 9.12. The number of aromatic nitrogens is 1. The number of carbonyl (C=O) groups is 3. The average Bonchev–Trinajstić information content (AvgIpc) is 3.50. The Morgan fingerprint density at radius 3 is 2.32 bits per heavy atom. The van der Waals surface area contributed by atoms with Crippen LogP contribution in [0.25, 0.3) is 0 Å². The van der Waals surface area contributed by atoms with E-state index in [9.17, 15) is 27.6 Å². The highest BCUT2D eigenvalue weighted by molar-refractivity contribution is 8.18. The van der Waals surface area contributed by atoms with Crippen LogP contribution in [-0.4, -0.2) is 96.8 Å². The van der Waals surface area contributed by atoms with Crippen LogP contribution in [0.15, 0.2) is 52.1 Å². The van der Waals surface area contributed by atoms with E-state index in [1.54, 1.807) is 29.3 Å². The minimum absolute atomic E-state index is 0.0669. The maximum atomic E-state index is 15.3. The number of nitrogens with zero attached hydrogens (tertiary/aromatic N) is 6. The summed E-state index contributed by atoms with van der Waals surface area (Å²) in [6.45, 7) is 5.14. The van der Waals surface area contributed by atoms with Crippen LogP contribution in [0, 0.1) is 11.7 Å². The maximum absolute atomic E-state index is 15.3. The van der Waals surface area contributed by atoms with Crippen LogP contribution in [-0.2, 0) is 19.9 Å². The van der Waals surface area contributed by atoms with Crippen molar-refractivity contribution in [3.63, 3.8) is 0 Å². The van der Waals surface area contributed by atoms with Gasteiger partial charge in [0.15, 0.2) is 5.17 Å². The zero-order valence-corrected chi connectivity index (χ0v) is 31.2. The number of alkyl halides is 5. The van der Waals surface area contributed by atoms with Gasteiger partial charge in [-0.3, -0.25) is 14.4 Å². The molecule has 4 atom stereocenters. The number of amidine groups is 1. The minimum Gasteiger partial charge on any atom is -0.334 e. The van der Waals surface area contributed by atoms with Crippen LogP contribution in [0.3, 0.4) is 0 Å². The lowest BCUT2D eigenvalue weighted by Crippen LogP contribution is -2.65. The largest absolute Gasteiger partial charge is 0.471 e. The summed E-state index contributed by atoms with van der Waals surface area (Å²) in [5.74, 6) is -8.18. The molecule has 0 unspecified atom stereocenters. The van der Waals surface area contributed by atoms with Crippen molar-refractivity contribution in [1.29, 1.82) is 0 Å². The van der Waals surface area contributed by atoms with Crippen molar-refractivity contribution in [3.8, 4) is 0 Å². The molecule has 5 aliphatic rings. The Morgan fingerprint density at radius 2 is 1.74 bits per heavy atom. The number of piperazine rings is 1. The van der Waals surface area contributed by atoms with Gasteiger partial charge >= 0.3 is 12.1 Å². The summed E-state index contributed by atoms with van der Waals surface area (Å²) in [6, 6.07) is 4.36. The second-order valence-electron chi connectivity index (χ2n) is 14.8. The van der Waals surface area contributed by atoms with Gasteiger partial charge in [-0.25, -0.2) is 23.1 Å². The molecular formula is C35H34Cl2F6N6O3S. The zero-order chi connectivity index (χ0) is 38.6. The Labute approximate surface area is 315 Å². The van der Waals surface area contributed by atoms with Crippen LogP contribution >= 0.6 is 35.0 Å². The van der Waals surface area contributed by atoms with Crippen molar-refractivity contribution in [2.45, 2.75) is 88.3 Å². The number of hydrogen-bond donors (Lipinski definition) is 0. The van der Waals surface area contributed by atoms with Crippen molar-refractivity contribution in [2.24, 2.45) is 10.9 Å². The highest BCUT2D eigenvalue weighted by Gasteiger charge is 2.62. The van der Waals surface area contributed by atoms with Crippen LogP contribution in [0.1, 0.15) is 64.1 Å². The fourth-order valence-corrected chi connectivity index (χ4v) is 9.59. The molecule has 0 bridgehead atoms. The SMILES string of the molecule is CC(C)C1=C(C(=O)N2CC(F)(F)C[C@H]2C(=O)N2CC3(CC3)N(C(=O)C(F)(F)F)C[C@H]2C)SC2=N[C@@](C)(c3ccc(Cl)nc3)[C@@H](c3ccc(Cl)c(F)c3)N21. The molecule has 53 heavy (non-hydrogen) atoms. The van der Waals surface area contributed by atoms with Gasteiger partial charge in [-0.15, -0.1) is 0 Å². The molecule has 1 spiro atoms. The first-order valence-electron chi connectivity index (χ1n) is 16.9. The Hall–Kier alpha value is -3.50. The van der Waals surface area contributed by atoms with E-state index in [2.05, 4.69) is 4.98 Å². The molecule has 0 radical (unpaired) electrons. The summed E-state index contributed by atoms with van der Waals surface area (Å²) in [7, 11) is 0. The molecule has 0 N–H and O–H groups in total. The number of rotatable bonds is 5. The summed E-state index contributed by atoms with van der Waals surface area (Å²) >= 11 is 13.1. The third kappa shape index (κ3) is 6.35. The molecule has 1 saturated carbocycles. The molecule has 4 aliphatic heterocycles. The Bertz CT molecular complexity index is 1960. The first-order valence-corrected chi connectivity index (χ1v) is 18.5. The van der Waals surface area contributed by atoms with Crippen LogP contribution in [0.4, 0.5) is 26.3 Å². The molecule has 1 aliphatic carbocycles. The average molecular weight is 804 g/mol. The van der Waals surface area contributed by atoms with E-state index in [1.807, 2.05) is 20.8 Å². The molecule has 3 amide bonds. The number of hydrogen-bond acceptors (Lipinski definition) is 7. The van der Waals surface area contributed by atoms with Gasteiger partial charge in [-0.2, -0.15) is 13.2 Å². The lowest BCUT2D eigenvalue weighted by atomic mass is 9.81. The highest BCUT2D eigenvalue weighted by atomic mass is 35.5. The van der Waals surface area contributed by atoms with Crippen molar-refractivity contribution in [1.82, 2.24) is 24.6 Å². The number of amides is 3. The van der Waals surface area contributed by atoms with Crippen molar-refractivity contribution >= 4 is 57.9 Å². The molecule has 7 rings (SSSR count). The minimum atomic E-state index is -5.11. The Morgan fingerprint density at radius 1 is 1.04 bits per heavy atom.